The number of ether oxygens (including phenoxy) is 1. The molecule has 1 aromatic carbocycles. The standard InChI is InChI=1S/C10H12BrN3O3/c1-2-17-9-3-6(5-13-14-10(12)16)7(11)4-8(9)15/h3-5,15H,2H2,1H3,(H3,12,14,16). The lowest BCUT2D eigenvalue weighted by Crippen LogP contribution is -2.24. The topological polar surface area (TPSA) is 96.9 Å². The van der Waals surface area contributed by atoms with Crippen molar-refractivity contribution in [2.75, 3.05) is 6.61 Å². The predicted octanol–water partition coefficient (Wildman–Crippen LogP) is 1.56. The Bertz CT molecular complexity index is 449. The fraction of sp³-hybridized carbons (Fsp3) is 0.200. The number of primary amides is 1. The number of urea groups is 1. The van der Waals surface area contributed by atoms with Crippen LogP contribution in [-0.2, 0) is 0 Å². The molecule has 0 bridgehead atoms. The quantitative estimate of drug-likeness (QED) is 0.581. The van der Waals surface area contributed by atoms with E-state index in [0.29, 0.717) is 22.4 Å². The van der Waals surface area contributed by atoms with Crippen LogP contribution in [0.3, 0.4) is 0 Å². The van der Waals surface area contributed by atoms with Gasteiger partial charge in [0.1, 0.15) is 0 Å². The van der Waals surface area contributed by atoms with Crippen LogP contribution >= 0.6 is 15.9 Å². The van der Waals surface area contributed by atoms with Gasteiger partial charge in [-0.1, -0.05) is 0 Å². The molecule has 2 amide bonds. The zero-order chi connectivity index (χ0) is 12.8. The molecule has 0 aliphatic heterocycles. The van der Waals surface area contributed by atoms with Gasteiger partial charge in [-0.15, -0.1) is 0 Å². The molecule has 92 valence electrons. The zero-order valence-corrected chi connectivity index (χ0v) is 10.7. The highest BCUT2D eigenvalue weighted by Gasteiger charge is 2.07. The van der Waals surface area contributed by atoms with Crippen molar-refractivity contribution in [2.24, 2.45) is 10.8 Å². The molecule has 0 unspecified atom stereocenters. The van der Waals surface area contributed by atoms with Crippen molar-refractivity contribution in [3.05, 3.63) is 22.2 Å². The molecule has 0 aliphatic rings. The Morgan fingerprint density at radius 2 is 2.41 bits per heavy atom. The van der Waals surface area contributed by atoms with Crippen molar-refractivity contribution in [1.29, 1.82) is 0 Å². The molecule has 0 heterocycles. The van der Waals surface area contributed by atoms with Crippen LogP contribution in [0.4, 0.5) is 4.79 Å². The van der Waals surface area contributed by atoms with E-state index in [-0.39, 0.29) is 5.75 Å². The smallest absolute Gasteiger partial charge is 0.332 e. The van der Waals surface area contributed by atoms with Gasteiger partial charge in [-0.2, -0.15) is 5.10 Å². The molecule has 4 N–H and O–H groups in total. The van der Waals surface area contributed by atoms with Gasteiger partial charge < -0.3 is 15.6 Å². The van der Waals surface area contributed by atoms with Gasteiger partial charge >= 0.3 is 6.03 Å². The largest absolute Gasteiger partial charge is 0.504 e. The normalized spacial score (nSPS) is 10.5. The number of nitrogens with two attached hydrogens (primary N) is 1. The van der Waals surface area contributed by atoms with Gasteiger partial charge in [-0.05, 0) is 35.0 Å². The summed E-state index contributed by atoms with van der Waals surface area (Å²) in [6.07, 6.45) is 1.39. The number of carbonyl (C=O) groups excluding carboxylic acids is 1. The van der Waals surface area contributed by atoms with Crippen LogP contribution in [0.5, 0.6) is 11.5 Å². The highest BCUT2D eigenvalue weighted by atomic mass is 79.9. The van der Waals surface area contributed by atoms with Crippen molar-refractivity contribution >= 4 is 28.2 Å². The fourth-order valence-electron chi connectivity index (χ4n) is 1.09. The summed E-state index contributed by atoms with van der Waals surface area (Å²) in [6.45, 7) is 2.25. The third-order valence-corrected chi connectivity index (χ3v) is 2.44. The number of hydrogen-bond acceptors (Lipinski definition) is 4. The lowest BCUT2D eigenvalue weighted by Gasteiger charge is -2.07. The maximum atomic E-state index is 10.4. The number of phenolic OH excluding ortho intramolecular Hbond substituents is 1. The molecule has 6 nitrogen and oxygen atoms in total. The first-order valence-electron chi connectivity index (χ1n) is 4.78. The Balaban J connectivity index is 2.94. The van der Waals surface area contributed by atoms with Crippen LogP contribution < -0.4 is 15.9 Å². The monoisotopic (exact) mass is 301 g/mol. The molecule has 0 saturated carbocycles. The Morgan fingerprint density at radius 1 is 1.71 bits per heavy atom. The van der Waals surface area contributed by atoms with Crippen LogP contribution in [-0.4, -0.2) is 24.0 Å². The SMILES string of the molecule is CCOc1cc(C=NNC(N)=O)c(Br)cc1O. The second kappa shape index (κ2) is 6.09. The minimum absolute atomic E-state index is 0.0266. The van der Waals surface area contributed by atoms with E-state index >= 15 is 0 Å². The second-order valence-electron chi connectivity index (χ2n) is 3.01. The number of phenols is 1. The van der Waals surface area contributed by atoms with Crippen LogP contribution in [0.15, 0.2) is 21.7 Å². The van der Waals surface area contributed by atoms with E-state index in [1.54, 1.807) is 6.07 Å². The number of hydrogen-bond donors (Lipinski definition) is 3. The molecule has 1 rings (SSSR count). The molecular formula is C10H12BrN3O3. The van der Waals surface area contributed by atoms with Gasteiger partial charge in [0.25, 0.3) is 0 Å². The minimum atomic E-state index is -0.749. The lowest BCUT2D eigenvalue weighted by atomic mass is 10.2. The lowest BCUT2D eigenvalue weighted by molar-refractivity contribution is 0.249. The van der Waals surface area contributed by atoms with Gasteiger partial charge in [0.05, 0.1) is 12.8 Å². The van der Waals surface area contributed by atoms with Gasteiger partial charge in [-0.25, -0.2) is 10.2 Å². The number of halogens is 1. The average molecular weight is 302 g/mol. The number of carbonyl (C=O) groups is 1. The fourth-order valence-corrected chi connectivity index (χ4v) is 1.53. The summed E-state index contributed by atoms with van der Waals surface area (Å²) in [7, 11) is 0. The first-order valence-corrected chi connectivity index (χ1v) is 5.57. The molecule has 0 spiro atoms. The summed E-state index contributed by atoms with van der Waals surface area (Å²) in [5, 5.41) is 13.2. The second-order valence-corrected chi connectivity index (χ2v) is 3.86. The number of nitrogens with zero attached hydrogens (tertiary/aromatic N) is 1. The Kier molecular flexibility index (Phi) is 4.77. The highest BCUT2D eigenvalue weighted by Crippen LogP contribution is 2.31. The number of aromatic hydroxyl groups is 1. The molecule has 0 atom stereocenters. The van der Waals surface area contributed by atoms with Gasteiger partial charge in [0.15, 0.2) is 11.5 Å². The summed E-state index contributed by atoms with van der Waals surface area (Å²) in [6, 6.07) is 2.33. The average Bonchev–Trinajstić information content (AvgIpc) is 2.24. The van der Waals surface area contributed by atoms with E-state index in [2.05, 4.69) is 26.5 Å². The zero-order valence-electron chi connectivity index (χ0n) is 9.11. The number of rotatable bonds is 4. The summed E-state index contributed by atoms with van der Waals surface area (Å²) in [5.41, 5.74) is 7.57. The van der Waals surface area contributed by atoms with Gasteiger partial charge in [-0.3, -0.25) is 0 Å². The molecule has 0 saturated heterocycles. The van der Waals surface area contributed by atoms with E-state index in [1.807, 2.05) is 6.92 Å². The molecule has 7 heteroatoms. The number of hydrazone groups is 1. The third-order valence-electron chi connectivity index (χ3n) is 1.76. The van der Waals surface area contributed by atoms with Crippen molar-refractivity contribution in [2.45, 2.75) is 6.92 Å². The van der Waals surface area contributed by atoms with E-state index < -0.39 is 6.03 Å². The Labute approximate surface area is 107 Å². The molecule has 1 aromatic rings. The summed E-state index contributed by atoms with van der Waals surface area (Å²) >= 11 is 3.25. The number of amides is 2. The first-order chi connectivity index (χ1) is 8.04. The minimum Gasteiger partial charge on any atom is -0.504 e. The van der Waals surface area contributed by atoms with E-state index in [9.17, 15) is 9.90 Å². The van der Waals surface area contributed by atoms with E-state index in [0.717, 1.165) is 0 Å². The summed E-state index contributed by atoms with van der Waals surface area (Å²) < 4.78 is 5.83. The molecule has 0 aromatic heterocycles. The Hall–Kier alpha value is -1.76. The first kappa shape index (κ1) is 13.3. The van der Waals surface area contributed by atoms with Crippen molar-refractivity contribution < 1.29 is 14.6 Å². The van der Waals surface area contributed by atoms with Crippen LogP contribution in [0.1, 0.15) is 12.5 Å². The molecule has 17 heavy (non-hydrogen) atoms. The number of nitrogens with one attached hydrogen (secondary N) is 1. The predicted molar refractivity (Wildman–Crippen MR) is 67.3 cm³/mol. The summed E-state index contributed by atoms with van der Waals surface area (Å²) in [5.74, 6) is 0.370. The van der Waals surface area contributed by atoms with E-state index in [1.165, 1.54) is 12.3 Å². The van der Waals surface area contributed by atoms with Crippen LogP contribution in [0.25, 0.3) is 0 Å². The van der Waals surface area contributed by atoms with Crippen molar-refractivity contribution in [3.8, 4) is 11.5 Å². The summed E-state index contributed by atoms with van der Waals surface area (Å²) in [4.78, 5) is 10.4. The van der Waals surface area contributed by atoms with Crippen molar-refractivity contribution in [3.63, 3.8) is 0 Å². The molecular weight excluding hydrogens is 290 g/mol. The van der Waals surface area contributed by atoms with Crippen molar-refractivity contribution in [1.82, 2.24) is 5.43 Å². The third kappa shape index (κ3) is 3.95. The number of benzene rings is 1. The van der Waals surface area contributed by atoms with Crippen LogP contribution in [0.2, 0.25) is 0 Å². The molecule has 0 aliphatic carbocycles. The highest BCUT2D eigenvalue weighted by molar-refractivity contribution is 9.10. The molecule has 0 fully saturated rings. The Morgan fingerprint density at radius 3 is 3.00 bits per heavy atom. The maximum Gasteiger partial charge on any atom is 0.332 e. The van der Waals surface area contributed by atoms with Crippen LogP contribution in [0, 0.1) is 0 Å². The van der Waals surface area contributed by atoms with Gasteiger partial charge in [0.2, 0.25) is 0 Å². The van der Waals surface area contributed by atoms with Gasteiger partial charge in [0, 0.05) is 10.0 Å². The molecule has 0 radical (unpaired) electrons. The van der Waals surface area contributed by atoms with E-state index in [4.69, 9.17) is 10.5 Å². The maximum absolute atomic E-state index is 10.4.